The average molecular weight is 277 g/mol. The lowest BCUT2D eigenvalue weighted by Crippen LogP contribution is -2.65. The summed E-state index contributed by atoms with van der Waals surface area (Å²) in [6, 6.07) is 2.83. The van der Waals surface area contributed by atoms with Crippen LogP contribution in [0.1, 0.15) is 39.9 Å². The summed E-state index contributed by atoms with van der Waals surface area (Å²) in [4.78, 5) is 17.1. The van der Waals surface area contributed by atoms with Gasteiger partial charge in [0.2, 0.25) is 0 Å². The third kappa shape index (κ3) is 1.84. The Bertz CT molecular complexity index is 510. The van der Waals surface area contributed by atoms with E-state index in [9.17, 15) is 4.79 Å². The van der Waals surface area contributed by atoms with E-state index in [2.05, 4.69) is 17.9 Å². The number of rotatable bonds is 1. The van der Waals surface area contributed by atoms with Crippen molar-refractivity contribution >= 4 is 17.2 Å². The molecule has 0 saturated carbocycles. The number of morpholine rings is 1. The largest absolute Gasteiger partial charge is 0.377 e. The van der Waals surface area contributed by atoms with Gasteiger partial charge in [-0.2, -0.15) is 0 Å². The van der Waals surface area contributed by atoms with E-state index in [1.165, 1.54) is 16.9 Å². The van der Waals surface area contributed by atoms with E-state index >= 15 is 0 Å². The second kappa shape index (κ2) is 4.32. The lowest BCUT2D eigenvalue weighted by molar-refractivity contribution is -0.104. The summed E-state index contributed by atoms with van der Waals surface area (Å²) >= 11 is 1.73. The Hall–Kier alpha value is -0.870. The van der Waals surface area contributed by atoms with Crippen molar-refractivity contribution < 1.29 is 9.53 Å². The average Bonchev–Trinajstić information content (AvgIpc) is 2.82. The number of hydrogen-bond donors (Lipinski definition) is 0. The molecule has 1 amide bonds. The SMILES string of the molecule is C[C@H]1CCc2sc(C(=O)N3[C@H]4COC[C@H]3C4)cc2C1. The minimum Gasteiger partial charge on any atom is -0.377 e. The molecule has 0 N–H and O–H groups in total. The summed E-state index contributed by atoms with van der Waals surface area (Å²) in [6.07, 6.45) is 4.71. The van der Waals surface area contributed by atoms with Crippen LogP contribution in [0.5, 0.6) is 0 Å². The first kappa shape index (κ1) is 11.9. The van der Waals surface area contributed by atoms with Crippen molar-refractivity contribution in [2.24, 2.45) is 5.92 Å². The first-order valence-corrected chi connectivity index (χ1v) is 8.06. The van der Waals surface area contributed by atoms with Gasteiger partial charge in [0.05, 0.1) is 30.2 Å². The molecule has 2 saturated heterocycles. The van der Waals surface area contributed by atoms with Crippen LogP contribution >= 0.6 is 11.3 Å². The zero-order valence-corrected chi connectivity index (χ0v) is 12.0. The number of fused-ring (bicyclic) bond motifs is 3. The highest BCUT2D eigenvalue weighted by molar-refractivity contribution is 7.14. The van der Waals surface area contributed by atoms with Gasteiger partial charge in [-0.05, 0) is 43.2 Å². The van der Waals surface area contributed by atoms with E-state index in [1.807, 2.05) is 0 Å². The van der Waals surface area contributed by atoms with Gasteiger partial charge in [0.25, 0.3) is 5.91 Å². The quantitative estimate of drug-likeness (QED) is 0.789. The Morgan fingerprint density at radius 1 is 1.42 bits per heavy atom. The van der Waals surface area contributed by atoms with Crippen LogP contribution in [0.2, 0.25) is 0 Å². The van der Waals surface area contributed by atoms with Gasteiger partial charge >= 0.3 is 0 Å². The number of thiophene rings is 1. The molecule has 0 aromatic carbocycles. The number of carbonyl (C=O) groups is 1. The predicted octanol–water partition coefficient (Wildman–Crippen LogP) is 2.49. The van der Waals surface area contributed by atoms with Crippen molar-refractivity contribution in [3.05, 3.63) is 21.4 Å². The predicted molar refractivity (Wildman–Crippen MR) is 74.7 cm³/mol. The summed E-state index contributed by atoms with van der Waals surface area (Å²) in [5.74, 6) is 1.01. The lowest BCUT2D eigenvalue weighted by atomic mass is 9.89. The molecule has 102 valence electrons. The number of hydrogen-bond acceptors (Lipinski definition) is 3. The molecule has 0 radical (unpaired) electrons. The molecule has 1 aromatic heterocycles. The molecular weight excluding hydrogens is 258 g/mol. The second-order valence-electron chi connectivity index (χ2n) is 6.20. The van der Waals surface area contributed by atoms with E-state index in [0.717, 1.165) is 43.3 Å². The molecule has 19 heavy (non-hydrogen) atoms. The van der Waals surface area contributed by atoms with E-state index in [0.29, 0.717) is 12.1 Å². The molecule has 4 rings (SSSR count). The van der Waals surface area contributed by atoms with Crippen molar-refractivity contribution in [1.82, 2.24) is 4.90 Å². The molecule has 3 aliphatic rings. The maximum Gasteiger partial charge on any atom is 0.264 e. The van der Waals surface area contributed by atoms with Gasteiger partial charge in [0, 0.05) is 4.88 Å². The molecule has 2 bridgehead atoms. The minimum absolute atomic E-state index is 0.247. The van der Waals surface area contributed by atoms with Gasteiger partial charge in [0.15, 0.2) is 0 Å². The summed E-state index contributed by atoms with van der Waals surface area (Å²) in [5.41, 5.74) is 1.43. The van der Waals surface area contributed by atoms with Crippen molar-refractivity contribution in [1.29, 1.82) is 0 Å². The number of ether oxygens (including phenoxy) is 1. The zero-order chi connectivity index (χ0) is 13.0. The first-order chi connectivity index (χ1) is 9.22. The molecule has 1 aliphatic carbocycles. The Morgan fingerprint density at radius 2 is 2.21 bits per heavy atom. The molecule has 2 fully saturated rings. The molecule has 3 nitrogen and oxygen atoms in total. The van der Waals surface area contributed by atoms with Crippen LogP contribution in [-0.2, 0) is 17.6 Å². The van der Waals surface area contributed by atoms with Gasteiger partial charge in [0.1, 0.15) is 0 Å². The van der Waals surface area contributed by atoms with Crippen LogP contribution in [-0.4, -0.2) is 36.1 Å². The van der Waals surface area contributed by atoms with Crippen LogP contribution in [0.3, 0.4) is 0 Å². The van der Waals surface area contributed by atoms with Crippen molar-refractivity contribution in [3.63, 3.8) is 0 Å². The van der Waals surface area contributed by atoms with Crippen LogP contribution in [0, 0.1) is 5.92 Å². The molecular formula is C15H19NO2S. The van der Waals surface area contributed by atoms with E-state index in [-0.39, 0.29) is 5.91 Å². The van der Waals surface area contributed by atoms with E-state index < -0.39 is 0 Å². The zero-order valence-electron chi connectivity index (χ0n) is 11.2. The number of amides is 1. The number of aryl methyl sites for hydroxylation is 1. The summed E-state index contributed by atoms with van der Waals surface area (Å²) < 4.78 is 5.45. The summed E-state index contributed by atoms with van der Waals surface area (Å²) in [6.45, 7) is 3.76. The molecule has 4 heteroatoms. The van der Waals surface area contributed by atoms with Gasteiger partial charge in [-0.1, -0.05) is 6.92 Å². The van der Waals surface area contributed by atoms with Crippen LogP contribution in [0.15, 0.2) is 6.07 Å². The number of carbonyl (C=O) groups excluding carboxylic acids is 1. The Morgan fingerprint density at radius 3 is 2.95 bits per heavy atom. The Kier molecular flexibility index (Phi) is 2.71. The van der Waals surface area contributed by atoms with Crippen molar-refractivity contribution in [2.45, 2.75) is 44.7 Å². The fraction of sp³-hybridized carbons (Fsp3) is 0.667. The van der Waals surface area contributed by atoms with Crippen LogP contribution in [0.25, 0.3) is 0 Å². The minimum atomic E-state index is 0.247. The standard InChI is InChI=1S/C15H19NO2S/c1-9-2-3-13-10(4-9)5-14(19-13)15(17)16-11-6-12(16)8-18-7-11/h5,9,11-12H,2-4,6-8H2,1H3/t9-,11+,12+/m0/s1. The summed E-state index contributed by atoms with van der Waals surface area (Å²) in [5, 5.41) is 0. The lowest BCUT2D eigenvalue weighted by Gasteiger charge is -2.52. The third-order valence-corrected chi connectivity index (χ3v) is 5.95. The van der Waals surface area contributed by atoms with Gasteiger partial charge in [-0.15, -0.1) is 11.3 Å². The highest BCUT2D eigenvalue weighted by atomic mass is 32.1. The highest BCUT2D eigenvalue weighted by Gasteiger charge is 2.45. The molecule has 2 aliphatic heterocycles. The maximum absolute atomic E-state index is 12.6. The second-order valence-corrected chi connectivity index (χ2v) is 7.34. The first-order valence-electron chi connectivity index (χ1n) is 7.24. The van der Waals surface area contributed by atoms with E-state index in [1.54, 1.807) is 11.3 Å². The molecule has 3 atom stereocenters. The van der Waals surface area contributed by atoms with Crippen LogP contribution < -0.4 is 0 Å². The molecule has 0 unspecified atom stereocenters. The molecule has 0 spiro atoms. The topological polar surface area (TPSA) is 29.5 Å². The highest BCUT2D eigenvalue weighted by Crippen LogP contribution is 2.36. The van der Waals surface area contributed by atoms with E-state index in [4.69, 9.17) is 4.74 Å². The fourth-order valence-corrected chi connectivity index (χ4v) is 4.76. The third-order valence-electron chi connectivity index (χ3n) is 4.73. The smallest absolute Gasteiger partial charge is 0.264 e. The maximum atomic E-state index is 12.6. The monoisotopic (exact) mass is 277 g/mol. The summed E-state index contributed by atoms with van der Waals surface area (Å²) in [7, 11) is 0. The van der Waals surface area contributed by atoms with Crippen molar-refractivity contribution in [2.75, 3.05) is 13.2 Å². The Balaban J connectivity index is 1.58. The Labute approximate surface area is 117 Å². The van der Waals surface area contributed by atoms with Gasteiger partial charge in [-0.3, -0.25) is 4.79 Å². The van der Waals surface area contributed by atoms with Gasteiger partial charge in [-0.25, -0.2) is 0 Å². The fourth-order valence-electron chi connectivity index (χ4n) is 3.61. The normalized spacial score (nSPS) is 32.7. The van der Waals surface area contributed by atoms with Crippen molar-refractivity contribution in [3.8, 4) is 0 Å². The molecule has 3 heterocycles. The van der Waals surface area contributed by atoms with Crippen LogP contribution in [0.4, 0.5) is 0 Å². The number of nitrogens with zero attached hydrogens (tertiary/aromatic N) is 1. The van der Waals surface area contributed by atoms with Gasteiger partial charge < -0.3 is 9.64 Å². The molecule has 1 aromatic rings.